The molecule has 2 rings (SSSR count). The third-order valence-electron chi connectivity index (χ3n) is 2.85. The molecule has 19 heavy (non-hydrogen) atoms. The normalized spacial score (nSPS) is 10.2. The van der Waals surface area contributed by atoms with E-state index in [4.69, 9.17) is 4.74 Å². The second-order valence-corrected chi connectivity index (χ2v) is 4.26. The fourth-order valence-corrected chi connectivity index (χ4v) is 1.86. The molecule has 0 unspecified atom stereocenters. The lowest BCUT2D eigenvalue weighted by Gasteiger charge is -2.12. The molecular weight excluding hydrogens is 242 g/mol. The van der Waals surface area contributed by atoms with Gasteiger partial charge in [-0.15, -0.1) is 0 Å². The Morgan fingerprint density at radius 2 is 1.89 bits per heavy atom. The molecule has 0 aliphatic heterocycles. The SMILES string of the molecule is CC(=O)n1ccc(=O)c(OCc2ccccc2)c1C. The molecule has 0 aliphatic carbocycles. The number of benzene rings is 1. The number of carbonyl (C=O) groups excluding carboxylic acids is 1. The summed E-state index contributed by atoms with van der Waals surface area (Å²) in [5.74, 6) is 0.0728. The van der Waals surface area contributed by atoms with Gasteiger partial charge in [-0.05, 0) is 12.5 Å². The van der Waals surface area contributed by atoms with E-state index >= 15 is 0 Å². The Morgan fingerprint density at radius 3 is 2.53 bits per heavy atom. The van der Waals surface area contributed by atoms with Crippen LogP contribution in [-0.4, -0.2) is 10.5 Å². The minimum absolute atomic E-state index is 0.151. The highest BCUT2D eigenvalue weighted by atomic mass is 16.5. The van der Waals surface area contributed by atoms with E-state index in [9.17, 15) is 9.59 Å². The standard InChI is InChI=1S/C15H15NO3/c1-11-15(14(18)8-9-16(11)12(2)17)19-10-13-6-4-3-5-7-13/h3-9H,10H2,1-2H3. The molecule has 98 valence electrons. The quantitative estimate of drug-likeness (QED) is 0.848. The molecule has 0 aliphatic rings. The van der Waals surface area contributed by atoms with Crippen molar-refractivity contribution in [2.24, 2.45) is 0 Å². The summed E-state index contributed by atoms with van der Waals surface area (Å²) in [7, 11) is 0. The van der Waals surface area contributed by atoms with Crippen LogP contribution in [0.25, 0.3) is 0 Å². The Bertz CT molecular complexity index is 644. The summed E-state index contributed by atoms with van der Waals surface area (Å²) in [6.07, 6.45) is 1.47. The molecule has 0 amide bonds. The monoisotopic (exact) mass is 257 g/mol. The number of hydrogen-bond donors (Lipinski definition) is 0. The van der Waals surface area contributed by atoms with E-state index < -0.39 is 0 Å². The maximum Gasteiger partial charge on any atom is 0.227 e. The zero-order valence-electron chi connectivity index (χ0n) is 10.9. The lowest BCUT2D eigenvalue weighted by Crippen LogP contribution is -2.17. The van der Waals surface area contributed by atoms with Gasteiger partial charge >= 0.3 is 0 Å². The van der Waals surface area contributed by atoms with Crippen LogP contribution in [0.5, 0.6) is 5.75 Å². The molecule has 0 saturated heterocycles. The van der Waals surface area contributed by atoms with Crippen LogP contribution in [0.15, 0.2) is 47.4 Å². The molecule has 0 fully saturated rings. The largest absolute Gasteiger partial charge is 0.483 e. The van der Waals surface area contributed by atoms with Gasteiger partial charge in [0.2, 0.25) is 11.3 Å². The van der Waals surface area contributed by atoms with Gasteiger partial charge in [0.05, 0.1) is 5.69 Å². The van der Waals surface area contributed by atoms with Crippen molar-refractivity contribution in [1.29, 1.82) is 0 Å². The lowest BCUT2D eigenvalue weighted by atomic mass is 10.2. The second kappa shape index (κ2) is 5.52. The van der Waals surface area contributed by atoms with E-state index in [2.05, 4.69) is 0 Å². The average Bonchev–Trinajstić information content (AvgIpc) is 2.39. The summed E-state index contributed by atoms with van der Waals surface area (Å²) < 4.78 is 6.96. The molecule has 1 aromatic heterocycles. The number of carbonyl (C=O) groups is 1. The Hall–Kier alpha value is -2.36. The summed E-state index contributed by atoms with van der Waals surface area (Å²) >= 11 is 0. The first-order chi connectivity index (χ1) is 9.09. The van der Waals surface area contributed by atoms with Crippen molar-refractivity contribution in [3.05, 3.63) is 64.1 Å². The van der Waals surface area contributed by atoms with Crippen LogP contribution < -0.4 is 10.2 Å². The zero-order valence-corrected chi connectivity index (χ0v) is 10.9. The van der Waals surface area contributed by atoms with Gasteiger partial charge in [0.25, 0.3) is 0 Å². The number of rotatable bonds is 3. The van der Waals surface area contributed by atoms with Crippen LogP contribution in [-0.2, 0) is 6.61 Å². The van der Waals surface area contributed by atoms with Gasteiger partial charge in [-0.1, -0.05) is 30.3 Å². The first-order valence-corrected chi connectivity index (χ1v) is 5.99. The van der Waals surface area contributed by atoms with Crippen molar-refractivity contribution in [3.63, 3.8) is 0 Å². The van der Waals surface area contributed by atoms with Gasteiger partial charge in [-0.25, -0.2) is 0 Å². The molecule has 0 saturated carbocycles. The van der Waals surface area contributed by atoms with E-state index in [1.165, 1.54) is 23.8 Å². The molecule has 4 heteroatoms. The first kappa shape index (κ1) is 13.1. The van der Waals surface area contributed by atoms with Crippen molar-refractivity contribution in [2.75, 3.05) is 0 Å². The molecule has 0 N–H and O–H groups in total. The van der Waals surface area contributed by atoms with E-state index in [0.29, 0.717) is 12.3 Å². The molecule has 0 radical (unpaired) electrons. The summed E-state index contributed by atoms with van der Waals surface area (Å²) in [5, 5.41) is 0. The Morgan fingerprint density at radius 1 is 1.21 bits per heavy atom. The Balaban J connectivity index is 2.27. The van der Waals surface area contributed by atoms with Crippen LogP contribution in [0.1, 0.15) is 23.0 Å². The number of ether oxygens (including phenoxy) is 1. The highest BCUT2D eigenvalue weighted by Crippen LogP contribution is 2.13. The highest BCUT2D eigenvalue weighted by Gasteiger charge is 2.10. The number of hydrogen-bond acceptors (Lipinski definition) is 3. The lowest BCUT2D eigenvalue weighted by molar-refractivity contribution is 0.0931. The molecule has 2 aromatic rings. The third kappa shape index (κ3) is 2.91. The van der Waals surface area contributed by atoms with Crippen LogP contribution in [0.2, 0.25) is 0 Å². The van der Waals surface area contributed by atoms with Crippen molar-refractivity contribution < 1.29 is 9.53 Å². The summed E-state index contributed by atoms with van der Waals surface area (Å²) in [4.78, 5) is 23.2. The molecule has 0 bridgehead atoms. The molecule has 1 aromatic carbocycles. The number of pyridine rings is 1. The number of aromatic nitrogens is 1. The van der Waals surface area contributed by atoms with Crippen LogP contribution in [0.3, 0.4) is 0 Å². The van der Waals surface area contributed by atoms with Crippen molar-refractivity contribution >= 4 is 5.91 Å². The van der Waals surface area contributed by atoms with Gasteiger partial charge in [0.15, 0.2) is 5.75 Å². The maximum atomic E-state index is 11.8. The van der Waals surface area contributed by atoms with E-state index in [1.807, 2.05) is 30.3 Å². The topological polar surface area (TPSA) is 48.3 Å². The summed E-state index contributed by atoms with van der Waals surface area (Å²) in [6, 6.07) is 10.9. The van der Waals surface area contributed by atoms with E-state index in [-0.39, 0.29) is 17.1 Å². The highest BCUT2D eigenvalue weighted by molar-refractivity contribution is 5.77. The molecular formula is C15H15NO3. The van der Waals surface area contributed by atoms with E-state index in [1.54, 1.807) is 6.92 Å². The smallest absolute Gasteiger partial charge is 0.227 e. The van der Waals surface area contributed by atoms with Crippen LogP contribution in [0.4, 0.5) is 0 Å². The molecule has 0 spiro atoms. The van der Waals surface area contributed by atoms with Gasteiger partial charge in [0, 0.05) is 19.2 Å². The van der Waals surface area contributed by atoms with Gasteiger partial charge in [0.1, 0.15) is 6.61 Å². The van der Waals surface area contributed by atoms with Crippen LogP contribution >= 0.6 is 0 Å². The van der Waals surface area contributed by atoms with Gasteiger partial charge in [-0.2, -0.15) is 0 Å². The Kier molecular flexibility index (Phi) is 3.80. The van der Waals surface area contributed by atoms with Crippen molar-refractivity contribution in [1.82, 2.24) is 4.57 Å². The molecule has 1 heterocycles. The first-order valence-electron chi connectivity index (χ1n) is 5.99. The second-order valence-electron chi connectivity index (χ2n) is 4.26. The Labute approximate surface area is 111 Å². The van der Waals surface area contributed by atoms with Crippen molar-refractivity contribution in [3.8, 4) is 5.75 Å². The van der Waals surface area contributed by atoms with E-state index in [0.717, 1.165) is 5.56 Å². The molecule has 4 nitrogen and oxygen atoms in total. The number of nitrogens with zero attached hydrogens (tertiary/aromatic N) is 1. The van der Waals surface area contributed by atoms with Crippen molar-refractivity contribution in [2.45, 2.75) is 20.5 Å². The van der Waals surface area contributed by atoms with Gasteiger partial charge < -0.3 is 4.74 Å². The predicted molar refractivity (Wildman–Crippen MR) is 72.5 cm³/mol. The summed E-state index contributed by atoms with van der Waals surface area (Å²) in [6.45, 7) is 3.44. The zero-order chi connectivity index (χ0) is 13.8. The van der Waals surface area contributed by atoms with Gasteiger partial charge in [-0.3, -0.25) is 14.2 Å². The summed E-state index contributed by atoms with van der Waals surface area (Å²) in [5.41, 5.74) is 1.28. The average molecular weight is 257 g/mol. The molecule has 0 atom stereocenters. The van der Waals surface area contributed by atoms with Crippen LogP contribution in [0, 0.1) is 6.92 Å². The minimum atomic E-state index is -0.217. The predicted octanol–water partition coefficient (Wildman–Crippen LogP) is 2.40. The third-order valence-corrected chi connectivity index (χ3v) is 2.85. The fourth-order valence-electron chi connectivity index (χ4n) is 1.86. The minimum Gasteiger partial charge on any atom is -0.483 e. The fraction of sp³-hybridized carbons (Fsp3) is 0.200. The maximum absolute atomic E-state index is 11.8.